The SMILES string of the molecule is OC(CN(C(=S)SCc1ccc(F)cc1)C1CC1)(Cn1cncn1)c1ccc(F)cc1F. The molecule has 1 aliphatic carbocycles. The second-order valence-corrected chi connectivity index (χ2v) is 9.40. The van der Waals surface area contributed by atoms with Crippen molar-refractivity contribution in [2.75, 3.05) is 6.54 Å². The number of hydrogen-bond acceptors (Lipinski definition) is 5. The molecule has 1 N–H and O–H groups in total. The lowest BCUT2D eigenvalue weighted by atomic mass is 9.92. The smallest absolute Gasteiger partial charge is 0.137 e. The van der Waals surface area contributed by atoms with Gasteiger partial charge in [0.1, 0.15) is 40.0 Å². The average Bonchev–Trinajstić information content (AvgIpc) is 3.48. The topological polar surface area (TPSA) is 54.2 Å². The minimum Gasteiger partial charge on any atom is -0.381 e. The Morgan fingerprint density at radius 2 is 1.88 bits per heavy atom. The fraction of sp³-hybridized carbons (Fsp3) is 0.318. The van der Waals surface area contributed by atoms with Crippen molar-refractivity contribution in [3.63, 3.8) is 0 Å². The molecular formula is C22H21F3N4OS2. The Hall–Kier alpha value is -2.43. The van der Waals surface area contributed by atoms with E-state index in [9.17, 15) is 18.3 Å². The van der Waals surface area contributed by atoms with Crippen molar-refractivity contribution in [2.24, 2.45) is 0 Å². The number of thiocarbonyl (C=S) groups is 1. The summed E-state index contributed by atoms with van der Waals surface area (Å²) < 4.78 is 43.3. The van der Waals surface area contributed by atoms with Gasteiger partial charge in [-0.25, -0.2) is 22.8 Å². The van der Waals surface area contributed by atoms with Crippen LogP contribution in [0, 0.1) is 17.5 Å². The Labute approximate surface area is 193 Å². The highest BCUT2D eigenvalue weighted by atomic mass is 32.2. The number of halogens is 3. The van der Waals surface area contributed by atoms with E-state index in [1.807, 2.05) is 4.90 Å². The van der Waals surface area contributed by atoms with Crippen molar-refractivity contribution >= 4 is 28.3 Å². The molecule has 0 bridgehead atoms. The van der Waals surface area contributed by atoms with Crippen LogP contribution in [-0.4, -0.2) is 41.7 Å². The van der Waals surface area contributed by atoms with Crippen molar-refractivity contribution in [3.8, 4) is 0 Å². The second kappa shape index (κ2) is 9.60. The second-order valence-electron chi connectivity index (χ2n) is 7.79. The maximum absolute atomic E-state index is 14.7. The Kier molecular flexibility index (Phi) is 6.82. The van der Waals surface area contributed by atoms with Gasteiger partial charge in [0.25, 0.3) is 0 Å². The van der Waals surface area contributed by atoms with Crippen LogP contribution < -0.4 is 0 Å². The largest absolute Gasteiger partial charge is 0.381 e. The quantitative estimate of drug-likeness (QED) is 0.488. The van der Waals surface area contributed by atoms with Gasteiger partial charge in [-0.2, -0.15) is 5.10 Å². The first-order chi connectivity index (χ1) is 15.3. The normalized spacial score (nSPS) is 15.4. The summed E-state index contributed by atoms with van der Waals surface area (Å²) in [7, 11) is 0. The van der Waals surface area contributed by atoms with Gasteiger partial charge in [-0.15, -0.1) is 0 Å². The van der Waals surface area contributed by atoms with Gasteiger partial charge in [0.05, 0.1) is 13.1 Å². The maximum Gasteiger partial charge on any atom is 0.137 e. The van der Waals surface area contributed by atoms with Gasteiger partial charge in [0.2, 0.25) is 0 Å². The lowest BCUT2D eigenvalue weighted by molar-refractivity contribution is -0.00746. The van der Waals surface area contributed by atoms with Crippen molar-refractivity contribution in [2.45, 2.75) is 36.8 Å². The molecule has 1 unspecified atom stereocenters. The average molecular weight is 479 g/mol. The van der Waals surface area contributed by atoms with Crippen LogP contribution in [0.2, 0.25) is 0 Å². The van der Waals surface area contributed by atoms with E-state index >= 15 is 0 Å². The van der Waals surface area contributed by atoms with Crippen LogP contribution >= 0.6 is 24.0 Å². The molecule has 168 valence electrons. The zero-order valence-electron chi connectivity index (χ0n) is 17.0. The van der Waals surface area contributed by atoms with Crippen LogP contribution in [-0.2, 0) is 17.9 Å². The van der Waals surface area contributed by atoms with Crippen molar-refractivity contribution in [1.82, 2.24) is 19.7 Å². The molecule has 0 spiro atoms. The van der Waals surface area contributed by atoms with Crippen molar-refractivity contribution < 1.29 is 18.3 Å². The fourth-order valence-corrected chi connectivity index (χ4v) is 4.74. The molecule has 3 aromatic rings. The molecule has 2 aromatic carbocycles. The van der Waals surface area contributed by atoms with Crippen LogP contribution in [0.15, 0.2) is 55.1 Å². The van der Waals surface area contributed by atoms with Crippen LogP contribution in [0.5, 0.6) is 0 Å². The van der Waals surface area contributed by atoms with Gasteiger partial charge >= 0.3 is 0 Å². The Morgan fingerprint density at radius 1 is 1.16 bits per heavy atom. The molecule has 1 aliphatic rings. The fourth-order valence-electron chi connectivity index (χ4n) is 3.49. The summed E-state index contributed by atoms with van der Waals surface area (Å²) in [5, 5.41) is 15.7. The van der Waals surface area contributed by atoms with E-state index in [0.717, 1.165) is 30.5 Å². The predicted octanol–water partition coefficient (Wildman–Crippen LogP) is 4.27. The Bertz CT molecular complexity index is 1080. The first-order valence-electron chi connectivity index (χ1n) is 10.0. The number of thioether (sulfide) groups is 1. The van der Waals surface area contributed by atoms with Gasteiger partial charge in [-0.05, 0) is 36.6 Å². The van der Waals surface area contributed by atoms with Crippen LogP contribution in [0.1, 0.15) is 24.0 Å². The number of aliphatic hydroxyl groups is 1. The van der Waals surface area contributed by atoms with Crippen LogP contribution in [0.3, 0.4) is 0 Å². The molecule has 10 heteroatoms. The van der Waals surface area contributed by atoms with E-state index in [1.165, 1.54) is 47.3 Å². The van der Waals surface area contributed by atoms with E-state index in [-0.39, 0.29) is 30.5 Å². The lowest BCUT2D eigenvalue weighted by Gasteiger charge is -2.36. The standard InChI is InChI=1S/C22H21F3N4OS2/c23-16-3-1-15(2-4-16)10-32-21(31)29(18-6-7-18)12-22(30,11-28-14-26-13-27-28)19-8-5-17(24)9-20(19)25/h1-5,8-9,13-14,18,30H,6-7,10-12H2. The Balaban J connectivity index is 1.56. The minimum absolute atomic E-state index is 0.00926. The van der Waals surface area contributed by atoms with Gasteiger partial charge in [-0.3, -0.25) is 0 Å². The summed E-state index contributed by atoms with van der Waals surface area (Å²) in [4.78, 5) is 5.78. The van der Waals surface area contributed by atoms with E-state index in [0.29, 0.717) is 10.1 Å². The lowest BCUT2D eigenvalue weighted by Crippen LogP contribution is -2.46. The molecule has 32 heavy (non-hydrogen) atoms. The van der Waals surface area contributed by atoms with Gasteiger partial charge in [0.15, 0.2) is 0 Å². The molecule has 1 heterocycles. The molecule has 0 saturated heterocycles. The minimum atomic E-state index is -1.73. The number of rotatable bonds is 8. The van der Waals surface area contributed by atoms with Crippen LogP contribution in [0.25, 0.3) is 0 Å². The van der Waals surface area contributed by atoms with E-state index in [2.05, 4.69) is 10.1 Å². The first kappa shape index (κ1) is 22.8. The third-order valence-corrected chi connectivity index (χ3v) is 6.80. The number of nitrogens with zero attached hydrogens (tertiary/aromatic N) is 4. The molecule has 1 aromatic heterocycles. The molecule has 0 amide bonds. The summed E-state index contributed by atoms with van der Waals surface area (Å²) >= 11 is 7.05. The number of benzene rings is 2. The zero-order valence-corrected chi connectivity index (χ0v) is 18.6. The summed E-state index contributed by atoms with van der Waals surface area (Å²) in [5.74, 6) is -1.33. The highest BCUT2D eigenvalue weighted by Gasteiger charge is 2.41. The maximum atomic E-state index is 14.7. The van der Waals surface area contributed by atoms with Gasteiger partial charge in [0, 0.05) is 23.4 Å². The van der Waals surface area contributed by atoms with Gasteiger partial charge < -0.3 is 10.0 Å². The molecule has 0 radical (unpaired) electrons. The summed E-state index contributed by atoms with van der Waals surface area (Å²) in [5.41, 5.74) is -0.850. The molecule has 1 fully saturated rings. The first-order valence-corrected chi connectivity index (χ1v) is 11.4. The Morgan fingerprint density at radius 3 is 2.50 bits per heavy atom. The summed E-state index contributed by atoms with van der Waals surface area (Å²) in [6, 6.07) is 9.44. The van der Waals surface area contributed by atoms with E-state index in [1.54, 1.807) is 12.1 Å². The molecular weight excluding hydrogens is 457 g/mol. The van der Waals surface area contributed by atoms with E-state index < -0.39 is 17.2 Å². The van der Waals surface area contributed by atoms with E-state index in [4.69, 9.17) is 12.2 Å². The summed E-state index contributed by atoms with van der Waals surface area (Å²) in [6.07, 6.45) is 4.56. The monoisotopic (exact) mass is 478 g/mol. The molecule has 1 atom stereocenters. The molecule has 1 saturated carbocycles. The predicted molar refractivity (Wildman–Crippen MR) is 120 cm³/mol. The van der Waals surface area contributed by atoms with Crippen molar-refractivity contribution in [1.29, 1.82) is 0 Å². The highest BCUT2D eigenvalue weighted by Crippen LogP contribution is 2.36. The van der Waals surface area contributed by atoms with Crippen LogP contribution in [0.4, 0.5) is 13.2 Å². The molecule has 4 rings (SSSR count). The number of hydrogen-bond donors (Lipinski definition) is 1. The molecule has 5 nitrogen and oxygen atoms in total. The van der Waals surface area contributed by atoms with Crippen molar-refractivity contribution in [3.05, 3.63) is 83.7 Å². The molecule has 0 aliphatic heterocycles. The highest BCUT2D eigenvalue weighted by molar-refractivity contribution is 8.22. The number of aromatic nitrogens is 3. The van der Waals surface area contributed by atoms with Gasteiger partial charge in [-0.1, -0.05) is 42.2 Å². The third-order valence-electron chi connectivity index (χ3n) is 5.25. The summed E-state index contributed by atoms with van der Waals surface area (Å²) in [6.45, 7) is -0.0701. The third kappa shape index (κ3) is 5.48. The zero-order chi connectivity index (χ0) is 22.7.